The van der Waals surface area contributed by atoms with Crippen LogP contribution >= 0.6 is 0 Å². The average Bonchev–Trinajstić information content (AvgIpc) is 3.77. The van der Waals surface area contributed by atoms with Crippen LogP contribution in [-0.2, 0) is 24.0 Å². The molecule has 2 aliphatic carbocycles. The Balaban J connectivity index is 1.59. The van der Waals surface area contributed by atoms with E-state index in [2.05, 4.69) is 31.2 Å². The van der Waals surface area contributed by atoms with Crippen molar-refractivity contribution in [1.82, 2.24) is 36.1 Å². The predicted octanol–water partition coefficient (Wildman–Crippen LogP) is 3.08. The van der Waals surface area contributed by atoms with Gasteiger partial charge in [-0.1, -0.05) is 74.1 Å². The molecular formula is C37H57N7O6. The molecule has 1 aromatic heterocycles. The quantitative estimate of drug-likeness (QED) is 0.215. The number of carbonyl (C=O) groups excluding carboxylic acids is 6. The summed E-state index contributed by atoms with van der Waals surface area (Å²) in [6.07, 6.45) is 11.6. The molecule has 1 unspecified atom stereocenters. The van der Waals surface area contributed by atoms with E-state index in [1.165, 1.54) is 23.5 Å². The van der Waals surface area contributed by atoms with Crippen LogP contribution in [0.4, 0.5) is 0 Å². The van der Waals surface area contributed by atoms with E-state index >= 15 is 0 Å². The minimum Gasteiger partial charge on any atom is -0.347 e. The fourth-order valence-electron chi connectivity index (χ4n) is 7.42. The van der Waals surface area contributed by atoms with Gasteiger partial charge in [-0.3, -0.25) is 33.8 Å². The summed E-state index contributed by atoms with van der Waals surface area (Å²) in [4.78, 5) is 91.7. The van der Waals surface area contributed by atoms with Crippen LogP contribution in [0.1, 0.15) is 123 Å². The van der Waals surface area contributed by atoms with Gasteiger partial charge in [0.2, 0.25) is 23.5 Å². The molecule has 276 valence electrons. The van der Waals surface area contributed by atoms with Gasteiger partial charge in [-0.05, 0) is 61.2 Å². The van der Waals surface area contributed by atoms with E-state index in [4.69, 9.17) is 0 Å². The maximum absolute atomic E-state index is 14.6. The second-order valence-electron chi connectivity index (χ2n) is 16.2. The molecule has 1 saturated heterocycles. The number of hydrogen-bond donors (Lipinski definition) is 4. The van der Waals surface area contributed by atoms with Gasteiger partial charge in [-0.2, -0.15) is 0 Å². The van der Waals surface area contributed by atoms with E-state index in [1.54, 1.807) is 0 Å². The Kier molecular flexibility index (Phi) is 12.8. The number of amides is 5. The molecule has 0 radical (unpaired) electrons. The van der Waals surface area contributed by atoms with Crippen LogP contribution in [0.25, 0.3) is 0 Å². The van der Waals surface area contributed by atoms with Crippen LogP contribution in [-0.4, -0.2) is 86.9 Å². The molecule has 2 saturated carbocycles. The second-order valence-corrected chi connectivity index (χ2v) is 16.2. The molecule has 2 heterocycles. The third kappa shape index (κ3) is 9.45. The van der Waals surface area contributed by atoms with Gasteiger partial charge in [-0.25, -0.2) is 4.98 Å². The minimum atomic E-state index is -1.03. The molecule has 4 rings (SSSR count). The first-order valence-electron chi connectivity index (χ1n) is 18.4. The number of likely N-dealkylation sites (tertiary alicyclic amines) is 1. The highest BCUT2D eigenvalue weighted by atomic mass is 16.2. The highest BCUT2D eigenvalue weighted by Gasteiger charge is 2.49. The first-order valence-corrected chi connectivity index (χ1v) is 18.4. The lowest BCUT2D eigenvalue weighted by Gasteiger charge is -2.42. The highest BCUT2D eigenvalue weighted by Crippen LogP contribution is 2.40. The number of nitrogens with one attached hydrogen (secondary N) is 4. The van der Waals surface area contributed by atoms with Gasteiger partial charge in [0.05, 0.1) is 12.2 Å². The van der Waals surface area contributed by atoms with Crippen LogP contribution in [0.3, 0.4) is 0 Å². The molecule has 0 aromatic carbocycles. The summed E-state index contributed by atoms with van der Waals surface area (Å²) in [5.41, 5.74) is -1.24. The van der Waals surface area contributed by atoms with Crippen LogP contribution in [0.15, 0.2) is 18.6 Å². The largest absolute Gasteiger partial charge is 0.347 e. The zero-order chi connectivity index (χ0) is 36.8. The number of hydrogen-bond acceptors (Lipinski definition) is 8. The summed E-state index contributed by atoms with van der Waals surface area (Å²) in [6, 6.07) is -3.88. The number of carbonyl (C=O) groups is 6. The van der Waals surface area contributed by atoms with Crippen LogP contribution in [0.5, 0.6) is 0 Å². The van der Waals surface area contributed by atoms with Gasteiger partial charge < -0.3 is 26.2 Å². The van der Waals surface area contributed by atoms with Gasteiger partial charge in [0, 0.05) is 25.0 Å². The maximum Gasteiger partial charge on any atom is 0.289 e. The molecule has 13 nitrogen and oxygen atoms in total. The fourth-order valence-corrected chi connectivity index (χ4v) is 7.42. The standard InChI is InChI=1S/C37H57N7O6/c1-8-12-25(28(45)33(48)40-23-13-14-23)41-32(47)27-24(22(2)3)15-20-44(27)35(50)30(36(4,5)6)43-34(49)29(37(7)16-10-9-11-17-37)42-31(46)26-21-38-18-19-39-26/h18-19,21-25,27,29-30H,8-17,20H2,1-7H3,(H,40,48)(H,41,47)(H,42,46)(H,43,49)/t24?,25-,27-,29+,30+/m0/s1. The van der Waals surface area contributed by atoms with Crippen molar-refractivity contribution >= 4 is 35.3 Å². The van der Waals surface area contributed by atoms with E-state index in [1.807, 2.05) is 48.5 Å². The zero-order valence-corrected chi connectivity index (χ0v) is 30.8. The lowest BCUT2D eigenvalue weighted by molar-refractivity contribution is -0.146. The summed E-state index contributed by atoms with van der Waals surface area (Å²) in [5, 5.41) is 11.5. The molecule has 0 spiro atoms. The zero-order valence-electron chi connectivity index (χ0n) is 30.8. The van der Waals surface area contributed by atoms with Crippen LogP contribution in [0, 0.1) is 22.7 Å². The van der Waals surface area contributed by atoms with E-state index in [-0.39, 0.29) is 30.0 Å². The van der Waals surface area contributed by atoms with Crippen molar-refractivity contribution in [3.8, 4) is 0 Å². The van der Waals surface area contributed by atoms with Crippen molar-refractivity contribution in [1.29, 1.82) is 0 Å². The molecular weight excluding hydrogens is 638 g/mol. The van der Waals surface area contributed by atoms with Crippen LogP contribution in [0.2, 0.25) is 0 Å². The number of aromatic nitrogens is 2. The number of ketones is 1. The Morgan fingerprint density at radius 2 is 1.64 bits per heavy atom. The van der Waals surface area contributed by atoms with Crippen molar-refractivity contribution in [3.63, 3.8) is 0 Å². The molecule has 0 bridgehead atoms. The van der Waals surface area contributed by atoms with Crippen molar-refractivity contribution in [3.05, 3.63) is 24.3 Å². The van der Waals surface area contributed by atoms with Gasteiger partial charge in [0.25, 0.3) is 11.8 Å². The van der Waals surface area contributed by atoms with E-state index in [0.717, 1.165) is 44.9 Å². The lowest BCUT2D eigenvalue weighted by Crippen LogP contribution is -2.63. The average molecular weight is 696 g/mol. The Bertz CT molecular complexity index is 1400. The fraction of sp³-hybridized carbons (Fsp3) is 0.730. The Morgan fingerprint density at radius 1 is 0.960 bits per heavy atom. The molecule has 3 aliphatic rings. The molecule has 5 amide bonds. The number of Topliss-reactive ketones (excluding diaryl/α,β-unsaturated/α-hetero) is 1. The van der Waals surface area contributed by atoms with Crippen LogP contribution < -0.4 is 21.3 Å². The SMILES string of the molecule is CCC[C@H](NC(=O)[C@@H]1C(C(C)C)CCN1C(=O)[C@@H](NC(=O)[C@@H](NC(=O)c1cnccn1)C1(C)CCCCC1)C(C)(C)C)C(=O)C(=O)NC1CC1. The first-order chi connectivity index (χ1) is 23.6. The normalized spacial score (nSPS) is 22.2. The molecule has 4 N–H and O–H groups in total. The second kappa shape index (κ2) is 16.4. The minimum absolute atomic E-state index is 0.00266. The molecule has 1 aromatic rings. The number of nitrogens with zero attached hydrogens (tertiary/aromatic N) is 3. The molecule has 1 aliphatic heterocycles. The predicted molar refractivity (Wildman–Crippen MR) is 187 cm³/mol. The van der Waals surface area contributed by atoms with Crippen molar-refractivity contribution < 1.29 is 28.8 Å². The van der Waals surface area contributed by atoms with Gasteiger partial charge in [-0.15, -0.1) is 0 Å². The first kappa shape index (κ1) is 38.9. The molecule has 5 atom stereocenters. The number of rotatable bonds is 14. The third-order valence-corrected chi connectivity index (χ3v) is 10.6. The molecule has 3 fully saturated rings. The Labute approximate surface area is 296 Å². The van der Waals surface area contributed by atoms with Crippen molar-refractivity contribution in [2.45, 2.75) is 143 Å². The third-order valence-electron chi connectivity index (χ3n) is 10.6. The van der Waals surface area contributed by atoms with Gasteiger partial charge in [0.1, 0.15) is 23.8 Å². The topological polar surface area (TPSA) is 180 Å². The lowest BCUT2D eigenvalue weighted by atomic mass is 9.70. The smallest absolute Gasteiger partial charge is 0.289 e. The highest BCUT2D eigenvalue weighted by molar-refractivity contribution is 6.38. The Hall–Kier alpha value is -3.90. The summed E-state index contributed by atoms with van der Waals surface area (Å²) in [6.45, 7) is 13.7. The van der Waals surface area contributed by atoms with Crippen molar-refractivity contribution in [2.24, 2.45) is 22.7 Å². The van der Waals surface area contributed by atoms with E-state index in [9.17, 15) is 28.8 Å². The van der Waals surface area contributed by atoms with Crippen molar-refractivity contribution in [2.75, 3.05) is 6.54 Å². The molecule has 50 heavy (non-hydrogen) atoms. The van der Waals surface area contributed by atoms with Gasteiger partial charge >= 0.3 is 0 Å². The summed E-state index contributed by atoms with van der Waals surface area (Å²) in [7, 11) is 0. The Morgan fingerprint density at radius 3 is 2.20 bits per heavy atom. The summed E-state index contributed by atoms with van der Waals surface area (Å²) < 4.78 is 0. The van der Waals surface area contributed by atoms with E-state index in [0.29, 0.717) is 19.4 Å². The molecule has 13 heteroatoms. The monoisotopic (exact) mass is 695 g/mol. The van der Waals surface area contributed by atoms with Gasteiger partial charge in [0.15, 0.2) is 0 Å². The maximum atomic E-state index is 14.6. The van der Waals surface area contributed by atoms with E-state index < -0.39 is 70.3 Å². The summed E-state index contributed by atoms with van der Waals surface area (Å²) >= 11 is 0. The summed E-state index contributed by atoms with van der Waals surface area (Å²) in [5.74, 6) is -3.44.